The number of carbonyl (C=O) groups is 1. The SMILES string of the molecule is CCc1nnc(NC(=O)C2CCNC2C)nc1CC. The molecule has 1 aliphatic heterocycles. The van der Waals surface area contributed by atoms with E-state index >= 15 is 0 Å². The maximum atomic E-state index is 12.1. The van der Waals surface area contributed by atoms with Crippen molar-refractivity contribution >= 4 is 11.9 Å². The number of aryl methyl sites for hydroxylation is 2. The zero-order chi connectivity index (χ0) is 13.8. The Morgan fingerprint density at radius 2 is 2.05 bits per heavy atom. The molecule has 104 valence electrons. The van der Waals surface area contributed by atoms with Gasteiger partial charge < -0.3 is 5.32 Å². The van der Waals surface area contributed by atoms with Crippen LogP contribution in [0.5, 0.6) is 0 Å². The third-order valence-corrected chi connectivity index (χ3v) is 3.61. The molecule has 2 rings (SSSR count). The second-order valence-corrected chi connectivity index (χ2v) is 4.86. The summed E-state index contributed by atoms with van der Waals surface area (Å²) in [6.45, 7) is 6.95. The Bertz CT molecular complexity index is 462. The maximum absolute atomic E-state index is 12.1. The quantitative estimate of drug-likeness (QED) is 0.845. The van der Waals surface area contributed by atoms with E-state index in [2.05, 4.69) is 25.8 Å². The maximum Gasteiger partial charge on any atom is 0.249 e. The van der Waals surface area contributed by atoms with Gasteiger partial charge in [-0.3, -0.25) is 10.1 Å². The van der Waals surface area contributed by atoms with E-state index in [4.69, 9.17) is 0 Å². The van der Waals surface area contributed by atoms with Crippen molar-refractivity contribution in [3.05, 3.63) is 11.4 Å². The Hall–Kier alpha value is -1.56. The minimum absolute atomic E-state index is 0.0143. The van der Waals surface area contributed by atoms with Gasteiger partial charge in [0.05, 0.1) is 17.3 Å². The number of carbonyl (C=O) groups excluding carboxylic acids is 1. The highest BCUT2D eigenvalue weighted by molar-refractivity contribution is 5.91. The van der Waals surface area contributed by atoms with Gasteiger partial charge in [-0.2, -0.15) is 0 Å². The average molecular weight is 263 g/mol. The van der Waals surface area contributed by atoms with Crippen molar-refractivity contribution in [2.75, 3.05) is 11.9 Å². The number of nitrogens with one attached hydrogen (secondary N) is 2. The van der Waals surface area contributed by atoms with Crippen LogP contribution in [0.3, 0.4) is 0 Å². The Morgan fingerprint density at radius 3 is 2.63 bits per heavy atom. The van der Waals surface area contributed by atoms with Crippen LogP contribution in [-0.4, -0.2) is 33.7 Å². The molecule has 0 aliphatic carbocycles. The van der Waals surface area contributed by atoms with Crippen molar-refractivity contribution in [1.29, 1.82) is 0 Å². The van der Waals surface area contributed by atoms with E-state index in [1.807, 2.05) is 20.8 Å². The van der Waals surface area contributed by atoms with Crippen LogP contribution in [0, 0.1) is 5.92 Å². The number of rotatable bonds is 4. The van der Waals surface area contributed by atoms with Gasteiger partial charge in [0.15, 0.2) is 0 Å². The predicted octanol–water partition coefficient (Wildman–Crippen LogP) is 0.933. The molecular formula is C13H21N5O. The molecule has 0 spiro atoms. The summed E-state index contributed by atoms with van der Waals surface area (Å²) in [6, 6.07) is 0.202. The van der Waals surface area contributed by atoms with Gasteiger partial charge in [-0.1, -0.05) is 13.8 Å². The van der Waals surface area contributed by atoms with Gasteiger partial charge in [-0.25, -0.2) is 4.98 Å². The zero-order valence-electron chi connectivity index (χ0n) is 11.7. The molecule has 1 saturated heterocycles. The third kappa shape index (κ3) is 3.07. The molecule has 0 saturated carbocycles. The molecule has 1 aliphatic rings. The molecule has 1 amide bonds. The van der Waals surface area contributed by atoms with E-state index in [9.17, 15) is 4.79 Å². The van der Waals surface area contributed by atoms with Crippen LogP contribution in [0.15, 0.2) is 0 Å². The van der Waals surface area contributed by atoms with Crippen LogP contribution in [-0.2, 0) is 17.6 Å². The first kappa shape index (κ1) is 13.9. The fraction of sp³-hybridized carbons (Fsp3) is 0.692. The third-order valence-electron chi connectivity index (χ3n) is 3.61. The predicted molar refractivity (Wildman–Crippen MR) is 72.8 cm³/mol. The number of amides is 1. The van der Waals surface area contributed by atoms with Gasteiger partial charge in [0.2, 0.25) is 11.9 Å². The standard InChI is InChI=1S/C13H21N5O/c1-4-10-11(5-2)17-18-13(15-10)16-12(19)9-6-7-14-8(9)3/h8-9,14H,4-7H2,1-3H3,(H,15,16,18,19). The van der Waals surface area contributed by atoms with Gasteiger partial charge in [0.1, 0.15) is 0 Å². The van der Waals surface area contributed by atoms with Gasteiger partial charge >= 0.3 is 0 Å². The van der Waals surface area contributed by atoms with E-state index in [0.29, 0.717) is 5.95 Å². The first-order valence-electron chi connectivity index (χ1n) is 6.92. The van der Waals surface area contributed by atoms with E-state index in [1.54, 1.807) is 0 Å². The molecule has 2 atom stereocenters. The number of aromatic nitrogens is 3. The summed E-state index contributed by atoms with van der Waals surface area (Å²) in [4.78, 5) is 16.5. The van der Waals surface area contributed by atoms with Crippen molar-refractivity contribution in [1.82, 2.24) is 20.5 Å². The fourth-order valence-electron chi connectivity index (χ4n) is 2.41. The summed E-state index contributed by atoms with van der Waals surface area (Å²) in [5.41, 5.74) is 1.81. The fourth-order valence-corrected chi connectivity index (χ4v) is 2.41. The molecule has 19 heavy (non-hydrogen) atoms. The lowest BCUT2D eigenvalue weighted by molar-refractivity contribution is -0.120. The Morgan fingerprint density at radius 1 is 1.32 bits per heavy atom. The summed E-state index contributed by atoms with van der Waals surface area (Å²) in [5, 5.41) is 14.1. The Labute approximate surface area is 113 Å². The summed E-state index contributed by atoms with van der Waals surface area (Å²) in [7, 11) is 0. The topological polar surface area (TPSA) is 79.8 Å². The summed E-state index contributed by atoms with van der Waals surface area (Å²) < 4.78 is 0. The highest BCUT2D eigenvalue weighted by Gasteiger charge is 2.29. The van der Waals surface area contributed by atoms with Crippen LogP contribution in [0.4, 0.5) is 5.95 Å². The molecule has 6 heteroatoms. The van der Waals surface area contributed by atoms with Crippen molar-refractivity contribution in [3.8, 4) is 0 Å². The minimum atomic E-state index is -0.0226. The average Bonchev–Trinajstić information content (AvgIpc) is 2.85. The molecule has 1 fully saturated rings. The molecule has 6 nitrogen and oxygen atoms in total. The number of nitrogens with zero attached hydrogens (tertiary/aromatic N) is 3. The molecular weight excluding hydrogens is 242 g/mol. The molecule has 2 unspecified atom stereocenters. The first-order chi connectivity index (χ1) is 9.15. The van der Waals surface area contributed by atoms with Gasteiger partial charge in [0, 0.05) is 6.04 Å². The highest BCUT2D eigenvalue weighted by Crippen LogP contribution is 2.17. The smallest absolute Gasteiger partial charge is 0.249 e. The summed E-state index contributed by atoms with van der Waals surface area (Å²) in [6.07, 6.45) is 2.46. The van der Waals surface area contributed by atoms with Gasteiger partial charge in [-0.05, 0) is 32.7 Å². The van der Waals surface area contributed by atoms with Gasteiger partial charge in [0.25, 0.3) is 0 Å². The lowest BCUT2D eigenvalue weighted by Gasteiger charge is -2.14. The molecule has 1 aromatic rings. The Balaban J connectivity index is 2.08. The van der Waals surface area contributed by atoms with Gasteiger partial charge in [-0.15, -0.1) is 10.2 Å². The largest absolute Gasteiger partial charge is 0.313 e. The number of hydrogen-bond acceptors (Lipinski definition) is 5. The molecule has 0 radical (unpaired) electrons. The van der Waals surface area contributed by atoms with E-state index in [1.165, 1.54) is 0 Å². The van der Waals surface area contributed by atoms with Crippen molar-refractivity contribution in [3.63, 3.8) is 0 Å². The number of anilines is 1. The second-order valence-electron chi connectivity index (χ2n) is 4.86. The van der Waals surface area contributed by atoms with Crippen molar-refractivity contribution in [2.45, 2.75) is 46.1 Å². The van der Waals surface area contributed by atoms with E-state index < -0.39 is 0 Å². The van der Waals surface area contributed by atoms with Crippen LogP contribution in [0.1, 0.15) is 38.6 Å². The Kier molecular flexibility index (Phi) is 4.42. The second kappa shape index (κ2) is 6.06. The van der Waals surface area contributed by atoms with Crippen LogP contribution >= 0.6 is 0 Å². The van der Waals surface area contributed by atoms with Crippen molar-refractivity contribution < 1.29 is 4.79 Å². The lowest BCUT2D eigenvalue weighted by atomic mass is 10.0. The molecule has 1 aromatic heterocycles. The molecule has 0 bridgehead atoms. The van der Waals surface area contributed by atoms with E-state index in [0.717, 1.165) is 37.2 Å². The van der Waals surface area contributed by atoms with Crippen LogP contribution in [0.25, 0.3) is 0 Å². The molecule has 2 N–H and O–H groups in total. The van der Waals surface area contributed by atoms with Crippen molar-refractivity contribution in [2.24, 2.45) is 5.92 Å². The number of hydrogen-bond donors (Lipinski definition) is 2. The first-order valence-corrected chi connectivity index (χ1v) is 6.92. The molecule has 2 heterocycles. The zero-order valence-corrected chi connectivity index (χ0v) is 11.7. The summed E-state index contributed by atoms with van der Waals surface area (Å²) in [5.74, 6) is 0.281. The van der Waals surface area contributed by atoms with Crippen LogP contribution < -0.4 is 10.6 Å². The molecule has 0 aromatic carbocycles. The summed E-state index contributed by atoms with van der Waals surface area (Å²) >= 11 is 0. The lowest BCUT2D eigenvalue weighted by Crippen LogP contribution is -2.32. The minimum Gasteiger partial charge on any atom is -0.313 e. The van der Waals surface area contributed by atoms with Crippen LogP contribution in [0.2, 0.25) is 0 Å². The normalized spacial score (nSPS) is 22.5. The van der Waals surface area contributed by atoms with E-state index in [-0.39, 0.29) is 17.9 Å². The highest BCUT2D eigenvalue weighted by atomic mass is 16.2. The monoisotopic (exact) mass is 263 g/mol.